The molecule has 1 aromatic carbocycles. The second-order valence-corrected chi connectivity index (χ2v) is 7.83. The molecule has 1 amide bonds. The van der Waals surface area contributed by atoms with Gasteiger partial charge in [0.25, 0.3) is 0 Å². The van der Waals surface area contributed by atoms with Gasteiger partial charge in [-0.2, -0.15) is 0 Å². The highest BCUT2D eigenvalue weighted by molar-refractivity contribution is 5.83. The van der Waals surface area contributed by atoms with Crippen molar-refractivity contribution in [3.05, 3.63) is 41.9 Å². The van der Waals surface area contributed by atoms with Gasteiger partial charge in [0, 0.05) is 55.6 Å². The molecule has 1 spiro atoms. The molecule has 27 heavy (non-hydrogen) atoms. The number of H-pyrrole nitrogens is 1. The van der Waals surface area contributed by atoms with Gasteiger partial charge in [-0.1, -0.05) is 18.2 Å². The Hall–Kier alpha value is -2.83. The van der Waals surface area contributed by atoms with Crippen LogP contribution in [0.1, 0.15) is 37.1 Å². The number of hydrogen-bond donors (Lipinski definition) is 2. The first kappa shape index (κ1) is 16.4. The number of carbonyl (C=O) groups excluding carboxylic acids is 1. The van der Waals surface area contributed by atoms with Gasteiger partial charge in [-0.15, -0.1) is 10.2 Å². The lowest BCUT2D eigenvalue weighted by Gasteiger charge is -2.39. The molecule has 4 heterocycles. The lowest BCUT2D eigenvalue weighted by atomic mass is 9.86. The zero-order valence-corrected chi connectivity index (χ0v) is 15.5. The summed E-state index contributed by atoms with van der Waals surface area (Å²) >= 11 is 0. The van der Waals surface area contributed by atoms with Crippen LogP contribution in [0.4, 0.5) is 5.95 Å². The third kappa shape index (κ3) is 2.78. The molecular formula is C20H24N6O. The number of fused-ring (bicyclic) bond motifs is 1. The van der Waals surface area contributed by atoms with Gasteiger partial charge < -0.3 is 19.8 Å². The monoisotopic (exact) mass is 364 g/mol. The van der Waals surface area contributed by atoms with Crippen molar-refractivity contribution in [2.75, 3.05) is 18.0 Å². The number of para-hydroxylation sites is 1. The average molecular weight is 364 g/mol. The van der Waals surface area contributed by atoms with E-state index in [1.54, 1.807) is 0 Å². The first-order valence-electron chi connectivity index (χ1n) is 9.63. The van der Waals surface area contributed by atoms with Crippen molar-refractivity contribution < 1.29 is 4.79 Å². The highest BCUT2D eigenvalue weighted by Crippen LogP contribution is 2.33. The summed E-state index contributed by atoms with van der Waals surface area (Å²) in [4.78, 5) is 17.2. The summed E-state index contributed by atoms with van der Waals surface area (Å²) in [6.45, 7) is 1.80. The minimum absolute atomic E-state index is 0.0129. The first-order chi connectivity index (χ1) is 13.1. The molecule has 0 radical (unpaired) electrons. The van der Waals surface area contributed by atoms with Crippen LogP contribution in [0.5, 0.6) is 0 Å². The molecule has 2 aromatic heterocycles. The summed E-state index contributed by atoms with van der Waals surface area (Å²) in [6.07, 6.45) is 6.39. The molecule has 0 saturated carbocycles. The van der Waals surface area contributed by atoms with Gasteiger partial charge >= 0.3 is 0 Å². The molecule has 2 saturated heterocycles. The van der Waals surface area contributed by atoms with Crippen LogP contribution in [0.2, 0.25) is 0 Å². The fraction of sp³-hybridized carbons (Fsp3) is 0.450. The average Bonchev–Trinajstić information content (AvgIpc) is 3.36. The summed E-state index contributed by atoms with van der Waals surface area (Å²) in [5.41, 5.74) is 2.40. The Kier molecular flexibility index (Phi) is 3.70. The minimum Gasteiger partial charge on any atom is -0.361 e. The van der Waals surface area contributed by atoms with Crippen molar-refractivity contribution in [2.24, 2.45) is 7.05 Å². The molecule has 7 nitrogen and oxygen atoms in total. The maximum atomic E-state index is 11.6. The van der Waals surface area contributed by atoms with Crippen LogP contribution in [0.25, 0.3) is 10.9 Å². The number of nitrogens with zero attached hydrogens (tertiary/aromatic N) is 4. The topological polar surface area (TPSA) is 78.8 Å². The van der Waals surface area contributed by atoms with E-state index in [1.165, 1.54) is 10.9 Å². The fourth-order valence-electron chi connectivity index (χ4n) is 4.51. The van der Waals surface area contributed by atoms with Crippen molar-refractivity contribution in [2.45, 2.75) is 37.6 Å². The summed E-state index contributed by atoms with van der Waals surface area (Å²) in [5, 5.41) is 13.4. The largest absolute Gasteiger partial charge is 0.361 e. The molecule has 0 atom stereocenters. The van der Waals surface area contributed by atoms with Crippen molar-refractivity contribution in [1.82, 2.24) is 25.1 Å². The van der Waals surface area contributed by atoms with Crippen molar-refractivity contribution in [3.63, 3.8) is 0 Å². The molecule has 7 heteroatoms. The van der Waals surface area contributed by atoms with Gasteiger partial charge in [0.05, 0.1) is 0 Å². The number of hydrogen-bond acceptors (Lipinski definition) is 4. The van der Waals surface area contributed by atoms with E-state index in [0.29, 0.717) is 6.42 Å². The Bertz CT molecular complexity index is 995. The molecule has 2 aliphatic heterocycles. The molecule has 0 bridgehead atoms. The van der Waals surface area contributed by atoms with Crippen molar-refractivity contribution in [3.8, 4) is 0 Å². The van der Waals surface area contributed by atoms with E-state index >= 15 is 0 Å². The minimum atomic E-state index is 0.0129. The van der Waals surface area contributed by atoms with Gasteiger partial charge in [-0.25, -0.2) is 0 Å². The number of aromatic nitrogens is 4. The maximum Gasteiger partial charge on any atom is 0.226 e. The van der Waals surface area contributed by atoms with Crippen LogP contribution in [0.15, 0.2) is 30.5 Å². The van der Waals surface area contributed by atoms with Gasteiger partial charge in [0.1, 0.15) is 5.82 Å². The third-order valence-electron chi connectivity index (χ3n) is 6.20. The fourth-order valence-corrected chi connectivity index (χ4v) is 4.51. The number of benzene rings is 1. The van der Waals surface area contributed by atoms with E-state index in [9.17, 15) is 4.79 Å². The lowest BCUT2D eigenvalue weighted by Crippen LogP contribution is -2.51. The van der Waals surface area contributed by atoms with E-state index in [4.69, 9.17) is 0 Å². The number of rotatable bonds is 3. The van der Waals surface area contributed by atoms with Gasteiger partial charge in [0.15, 0.2) is 0 Å². The Labute approximate surface area is 157 Å². The van der Waals surface area contributed by atoms with E-state index < -0.39 is 0 Å². The van der Waals surface area contributed by atoms with Crippen LogP contribution < -0.4 is 10.2 Å². The Balaban J connectivity index is 1.33. The number of carbonyl (C=O) groups is 1. The SMILES string of the molecule is Cn1c(Cc2c[nH]c3ccccc23)nnc1N1CCC2(CCC(=O)N2)CC1. The summed E-state index contributed by atoms with van der Waals surface area (Å²) in [5.74, 6) is 2.08. The lowest BCUT2D eigenvalue weighted by molar-refractivity contribution is -0.119. The van der Waals surface area contributed by atoms with Crippen LogP contribution in [-0.4, -0.2) is 44.3 Å². The van der Waals surface area contributed by atoms with Gasteiger partial charge in [-0.3, -0.25) is 4.79 Å². The zero-order chi connectivity index (χ0) is 18.4. The van der Waals surface area contributed by atoms with Crippen LogP contribution >= 0.6 is 0 Å². The quantitative estimate of drug-likeness (QED) is 0.746. The number of anilines is 1. The number of aromatic amines is 1. The molecule has 0 aliphatic carbocycles. The van der Waals surface area contributed by atoms with Gasteiger partial charge in [-0.05, 0) is 30.9 Å². The highest BCUT2D eigenvalue weighted by Gasteiger charge is 2.40. The molecule has 3 aromatic rings. The molecule has 5 rings (SSSR count). The molecular weight excluding hydrogens is 340 g/mol. The van der Waals surface area contributed by atoms with Gasteiger partial charge in [0.2, 0.25) is 11.9 Å². The van der Waals surface area contributed by atoms with Crippen molar-refractivity contribution >= 4 is 22.8 Å². The van der Waals surface area contributed by atoms with Crippen LogP contribution in [0.3, 0.4) is 0 Å². The molecule has 2 N–H and O–H groups in total. The second-order valence-electron chi connectivity index (χ2n) is 7.83. The molecule has 2 aliphatic rings. The first-order valence-corrected chi connectivity index (χ1v) is 9.63. The maximum absolute atomic E-state index is 11.6. The molecule has 0 unspecified atom stereocenters. The Morgan fingerprint density at radius 3 is 2.74 bits per heavy atom. The van der Waals surface area contributed by atoms with E-state index in [2.05, 4.69) is 54.4 Å². The number of nitrogens with one attached hydrogen (secondary N) is 2. The number of piperidine rings is 1. The summed E-state index contributed by atoms with van der Waals surface area (Å²) < 4.78 is 2.10. The van der Waals surface area contributed by atoms with Crippen LogP contribution in [0, 0.1) is 0 Å². The second kappa shape index (κ2) is 6.11. The Morgan fingerprint density at radius 2 is 1.96 bits per heavy atom. The van der Waals surface area contributed by atoms with E-state index in [-0.39, 0.29) is 11.4 Å². The standard InChI is InChI=1S/C20H24N6O/c1-25-17(12-14-13-21-16-5-3-2-4-15(14)16)23-24-19(25)26-10-8-20(9-11-26)7-6-18(27)22-20/h2-5,13,21H,6-12H2,1H3,(H,22,27). The predicted octanol–water partition coefficient (Wildman–Crippen LogP) is 2.14. The third-order valence-corrected chi connectivity index (χ3v) is 6.20. The van der Waals surface area contributed by atoms with Crippen molar-refractivity contribution in [1.29, 1.82) is 0 Å². The van der Waals surface area contributed by atoms with Crippen LogP contribution in [-0.2, 0) is 18.3 Å². The zero-order valence-electron chi connectivity index (χ0n) is 15.5. The molecule has 140 valence electrons. The Morgan fingerprint density at radius 1 is 1.15 bits per heavy atom. The van der Waals surface area contributed by atoms with E-state index in [0.717, 1.165) is 56.1 Å². The smallest absolute Gasteiger partial charge is 0.226 e. The summed E-state index contributed by atoms with van der Waals surface area (Å²) in [7, 11) is 2.04. The number of amides is 1. The summed E-state index contributed by atoms with van der Waals surface area (Å²) in [6, 6.07) is 8.33. The normalized spacial score (nSPS) is 19.1. The molecule has 2 fully saturated rings. The highest BCUT2D eigenvalue weighted by atomic mass is 16.2. The predicted molar refractivity (Wildman–Crippen MR) is 104 cm³/mol. The van der Waals surface area contributed by atoms with E-state index in [1.807, 2.05) is 13.1 Å².